The fourth-order valence-electron chi connectivity index (χ4n) is 3.88. The van der Waals surface area contributed by atoms with Gasteiger partial charge in [-0.2, -0.15) is 4.98 Å². The number of para-hydroxylation sites is 1. The molecular formula is C20H27N5O. The van der Waals surface area contributed by atoms with Crippen LogP contribution in [0.2, 0.25) is 0 Å². The van der Waals surface area contributed by atoms with Crippen molar-refractivity contribution in [3.05, 3.63) is 41.6 Å². The first-order chi connectivity index (χ1) is 12.8. The first-order valence-electron chi connectivity index (χ1n) is 9.58. The molecule has 4 rings (SSSR count). The van der Waals surface area contributed by atoms with E-state index in [0.717, 1.165) is 57.2 Å². The Morgan fingerprint density at radius 1 is 1.27 bits per heavy atom. The van der Waals surface area contributed by atoms with Crippen LogP contribution in [0.25, 0.3) is 0 Å². The second-order valence-corrected chi connectivity index (χ2v) is 7.10. The molecule has 0 spiro atoms. The molecule has 6 heteroatoms. The highest BCUT2D eigenvalue weighted by Gasteiger charge is 2.20. The topological polar surface area (TPSA) is 76.3 Å². The van der Waals surface area contributed by atoms with Crippen molar-refractivity contribution in [2.45, 2.75) is 31.6 Å². The monoisotopic (exact) mass is 353 g/mol. The van der Waals surface area contributed by atoms with Gasteiger partial charge in [0, 0.05) is 43.9 Å². The molecule has 1 fully saturated rings. The van der Waals surface area contributed by atoms with Crippen molar-refractivity contribution in [3.8, 4) is 0 Å². The number of aryl methyl sites for hydroxylation is 1. The van der Waals surface area contributed by atoms with Crippen molar-refractivity contribution in [1.82, 2.24) is 9.97 Å². The van der Waals surface area contributed by atoms with E-state index in [4.69, 9.17) is 10.5 Å². The summed E-state index contributed by atoms with van der Waals surface area (Å²) in [5, 5.41) is 3.41. The van der Waals surface area contributed by atoms with Crippen LogP contribution in [0.5, 0.6) is 0 Å². The zero-order valence-electron chi connectivity index (χ0n) is 15.2. The number of aromatic nitrogens is 2. The largest absolute Gasteiger partial charge is 0.381 e. The number of ether oxygens (including phenoxy) is 1. The van der Waals surface area contributed by atoms with E-state index in [-0.39, 0.29) is 0 Å². The second kappa shape index (κ2) is 7.91. The van der Waals surface area contributed by atoms with Gasteiger partial charge in [0.25, 0.3) is 0 Å². The van der Waals surface area contributed by atoms with Crippen LogP contribution < -0.4 is 16.0 Å². The van der Waals surface area contributed by atoms with Gasteiger partial charge in [-0.15, -0.1) is 0 Å². The molecule has 0 aliphatic carbocycles. The number of nitrogens with zero attached hydrogens (tertiary/aromatic N) is 3. The zero-order chi connectivity index (χ0) is 17.8. The number of hydrogen-bond donors (Lipinski definition) is 2. The van der Waals surface area contributed by atoms with Crippen LogP contribution in [0.1, 0.15) is 36.4 Å². The molecule has 0 radical (unpaired) electrons. The van der Waals surface area contributed by atoms with E-state index < -0.39 is 0 Å². The third-order valence-electron chi connectivity index (χ3n) is 5.23. The van der Waals surface area contributed by atoms with Gasteiger partial charge in [0.15, 0.2) is 0 Å². The van der Waals surface area contributed by atoms with Crippen molar-refractivity contribution in [1.29, 1.82) is 0 Å². The molecule has 0 unspecified atom stereocenters. The second-order valence-electron chi connectivity index (χ2n) is 7.10. The first kappa shape index (κ1) is 17.1. The maximum atomic E-state index is 5.89. The standard InChI is InChI=1S/C20H27N5O/c21-20-23-17(16-8-12-26-14-16)13-19(24-20)22-9-4-11-25-10-3-6-15-5-1-2-7-18(15)25/h1-2,5,7,13,16H,3-4,6,8-12,14H2,(H3,21,22,23,24)/t16-/m1/s1. The molecule has 1 saturated heterocycles. The van der Waals surface area contributed by atoms with Crippen LogP contribution in [-0.2, 0) is 11.2 Å². The van der Waals surface area contributed by atoms with Crippen LogP contribution in [0.3, 0.4) is 0 Å². The van der Waals surface area contributed by atoms with Gasteiger partial charge < -0.3 is 20.7 Å². The SMILES string of the molecule is Nc1nc(NCCCN2CCCc3ccccc32)cc([C@@H]2CCOC2)n1. The lowest BCUT2D eigenvalue weighted by molar-refractivity contribution is 0.193. The Bertz CT molecular complexity index is 745. The van der Waals surface area contributed by atoms with Gasteiger partial charge in [-0.3, -0.25) is 0 Å². The van der Waals surface area contributed by atoms with Crippen LogP contribution >= 0.6 is 0 Å². The zero-order valence-corrected chi connectivity index (χ0v) is 15.2. The van der Waals surface area contributed by atoms with Gasteiger partial charge in [0.1, 0.15) is 5.82 Å². The van der Waals surface area contributed by atoms with Crippen molar-refractivity contribution in [2.75, 3.05) is 48.8 Å². The molecule has 3 heterocycles. The van der Waals surface area contributed by atoms with Gasteiger partial charge in [-0.05, 0) is 37.3 Å². The average Bonchev–Trinajstić information content (AvgIpc) is 3.20. The van der Waals surface area contributed by atoms with Gasteiger partial charge >= 0.3 is 0 Å². The lowest BCUT2D eigenvalue weighted by Gasteiger charge is -2.31. The first-order valence-corrected chi connectivity index (χ1v) is 9.58. The summed E-state index contributed by atoms with van der Waals surface area (Å²) in [7, 11) is 0. The number of nitrogens with one attached hydrogen (secondary N) is 1. The highest BCUT2D eigenvalue weighted by molar-refractivity contribution is 5.55. The molecule has 26 heavy (non-hydrogen) atoms. The number of nitrogen functional groups attached to an aromatic ring is 1. The van der Waals surface area contributed by atoms with Gasteiger partial charge in [-0.1, -0.05) is 18.2 Å². The third-order valence-corrected chi connectivity index (χ3v) is 5.23. The fourth-order valence-corrected chi connectivity index (χ4v) is 3.88. The molecule has 2 aromatic rings. The highest BCUT2D eigenvalue weighted by Crippen LogP contribution is 2.27. The number of hydrogen-bond acceptors (Lipinski definition) is 6. The maximum Gasteiger partial charge on any atom is 0.222 e. The van der Waals surface area contributed by atoms with Gasteiger partial charge in [0.05, 0.1) is 12.3 Å². The van der Waals surface area contributed by atoms with E-state index in [0.29, 0.717) is 11.9 Å². The van der Waals surface area contributed by atoms with Crippen molar-refractivity contribution in [3.63, 3.8) is 0 Å². The number of fused-ring (bicyclic) bond motifs is 1. The van der Waals surface area contributed by atoms with Crippen LogP contribution in [0.15, 0.2) is 30.3 Å². The van der Waals surface area contributed by atoms with Crippen LogP contribution in [-0.4, -0.2) is 42.8 Å². The quantitative estimate of drug-likeness (QED) is 0.778. The number of rotatable bonds is 6. The Hall–Kier alpha value is -2.34. The van der Waals surface area contributed by atoms with E-state index >= 15 is 0 Å². The molecule has 0 amide bonds. The Morgan fingerprint density at radius 2 is 2.19 bits per heavy atom. The summed E-state index contributed by atoms with van der Waals surface area (Å²) in [6.45, 7) is 4.59. The van der Waals surface area contributed by atoms with Gasteiger partial charge in [0.2, 0.25) is 5.95 Å². The maximum absolute atomic E-state index is 5.89. The molecule has 1 atom stereocenters. The summed E-state index contributed by atoms with van der Waals surface area (Å²) in [6.07, 6.45) is 4.49. The minimum atomic E-state index is 0.335. The molecule has 138 valence electrons. The summed E-state index contributed by atoms with van der Waals surface area (Å²) < 4.78 is 5.46. The lowest BCUT2D eigenvalue weighted by atomic mass is 10.0. The molecule has 2 aliphatic heterocycles. The van der Waals surface area contributed by atoms with E-state index in [9.17, 15) is 0 Å². The Kier molecular flexibility index (Phi) is 5.20. The van der Waals surface area contributed by atoms with Crippen molar-refractivity contribution >= 4 is 17.5 Å². The summed E-state index contributed by atoms with van der Waals surface area (Å²) >= 11 is 0. The van der Waals surface area contributed by atoms with E-state index in [1.165, 1.54) is 24.1 Å². The van der Waals surface area contributed by atoms with Gasteiger partial charge in [-0.25, -0.2) is 4.98 Å². The summed E-state index contributed by atoms with van der Waals surface area (Å²) in [5.74, 6) is 1.49. The Morgan fingerprint density at radius 3 is 3.08 bits per heavy atom. The Labute approximate surface area is 154 Å². The van der Waals surface area contributed by atoms with Crippen LogP contribution in [0.4, 0.5) is 17.5 Å². The number of benzene rings is 1. The smallest absolute Gasteiger partial charge is 0.222 e. The van der Waals surface area contributed by atoms with E-state index in [2.05, 4.69) is 44.5 Å². The minimum Gasteiger partial charge on any atom is -0.381 e. The fraction of sp³-hybridized carbons (Fsp3) is 0.500. The van der Waals surface area contributed by atoms with Crippen molar-refractivity contribution < 1.29 is 4.74 Å². The summed E-state index contributed by atoms with van der Waals surface area (Å²) in [4.78, 5) is 11.2. The predicted octanol–water partition coefficient (Wildman–Crippen LogP) is 2.82. The molecular weight excluding hydrogens is 326 g/mol. The lowest BCUT2D eigenvalue weighted by Crippen LogP contribution is -2.31. The number of nitrogens with two attached hydrogens (primary N) is 1. The molecule has 3 N–H and O–H groups in total. The molecule has 6 nitrogen and oxygen atoms in total. The van der Waals surface area contributed by atoms with E-state index in [1.807, 2.05) is 6.07 Å². The minimum absolute atomic E-state index is 0.335. The van der Waals surface area contributed by atoms with Crippen molar-refractivity contribution in [2.24, 2.45) is 0 Å². The average molecular weight is 353 g/mol. The van der Waals surface area contributed by atoms with E-state index in [1.54, 1.807) is 0 Å². The predicted molar refractivity (Wildman–Crippen MR) is 105 cm³/mol. The summed E-state index contributed by atoms with van der Waals surface area (Å²) in [6, 6.07) is 10.8. The van der Waals surface area contributed by atoms with Crippen LogP contribution in [0, 0.1) is 0 Å². The molecule has 0 saturated carbocycles. The molecule has 1 aromatic carbocycles. The summed E-state index contributed by atoms with van der Waals surface area (Å²) in [5.41, 5.74) is 9.75. The highest BCUT2D eigenvalue weighted by atomic mass is 16.5. The third kappa shape index (κ3) is 3.90. The Balaban J connectivity index is 1.31. The molecule has 2 aliphatic rings. The number of anilines is 3. The molecule has 1 aromatic heterocycles. The molecule has 0 bridgehead atoms. The normalized spacial score (nSPS) is 19.4.